The molecule has 21 heavy (non-hydrogen) atoms. The molecule has 4 nitrogen and oxygen atoms in total. The topological polar surface area (TPSA) is 34.5 Å². The molecule has 0 N–H and O–H groups in total. The second kappa shape index (κ2) is 6.00. The number of nitrogens with zero attached hydrogens (tertiary/aromatic N) is 2. The fourth-order valence-electron chi connectivity index (χ4n) is 3.27. The van der Waals surface area contributed by atoms with E-state index in [1.165, 1.54) is 0 Å². The zero-order valence-corrected chi connectivity index (χ0v) is 12.7. The van der Waals surface area contributed by atoms with E-state index in [-0.39, 0.29) is 5.56 Å². The number of likely N-dealkylation sites (tertiary alicyclic amines) is 1. The fraction of sp³-hybridized carbons (Fsp3) is 0.471. The van der Waals surface area contributed by atoms with E-state index in [1.807, 2.05) is 31.3 Å². The Morgan fingerprint density at radius 1 is 1.33 bits per heavy atom. The molecule has 1 aromatic carbocycles. The lowest BCUT2D eigenvalue weighted by atomic mass is 10.1. The minimum absolute atomic E-state index is 0.115. The Kier molecular flexibility index (Phi) is 4.08. The van der Waals surface area contributed by atoms with Crippen molar-refractivity contribution < 1.29 is 4.74 Å². The highest BCUT2D eigenvalue weighted by molar-refractivity contribution is 5.79. The quantitative estimate of drug-likeness (QED) is 0.862. The molecule has 2 heterocycles. The van der Waals surface area contributed by atoms with Crippen molar-refractivity contribution in [2.75, 3.05) is 26.8 Å². The van der Waals surface area contributed by atoms with E-state index in [4.69, 9.17) is 4.74 Å². The minimum Gasteiger partial charge on any atom is -0.384 e. The molecule has 1 aromatic heterocycles. The second-order valence-corrected chi connectivity index (χ2v) is 5.94. The molecule has 1 saturated heterocycles. The number of ether oxygens (including phenoxy) is 1. The molecule has 0 saturated carbocycles. The Bertz CT molecular complexity index is 693. The number of para-hydroxylation sites is 1. The average Bonchev–Trinajstić information content (AvgIpc) is 2.92. The molecule has 0 aliphatic carbocycles. The van der Waals surface area contributed by atoms with Gasteiger partial charge in [0, 0.05) is 32.8 Å². The zero-order chi connectivity index (χ0) is 14.8. The minimum atomic E-state index is 0.115. The van der Waals surface area contributed by atoms with Gasteiger partial charge in [-0.15, -0.1) is 0 Å². The molecule has 1 unspecified atom stereocenters. The number of hydrogen-bond acceptors (Lipinski definition) is 3. The zero-order valence-electron chi connectivity index (χ0n) is 12.7. The van der Waals surface area contributed by atoms with Gasteiger partial charge in [0.1, 0.15) is 0 Å². The van der Waals surface area contributed by atoms with Crippen LogP contribution < -0.4 is 5.56 Å². The van der Waals surface area contributed by atoms with Gasteiger partial charge in [-0.05, 0) is 36.4 Å². The Labute approximate surface area is 124 Å². The summed E-state index contributed by atoms with van der Waals surface area (Å²) in [5, 5.41) is 1.13. The van der Waals surface area contributed by atoms with Crippen LogP contribution in [0.4, 0.5) is 0 Å². The molecule has 0 radical (unpaired) electrons. The van der Waals surface area contributed by atoms with Crippen molar-refractivity contribution in [2.45, 2.75) is 13.0 Å². The third kappa shape index (κ3) is 2.87. The van der Waals surface area contributed by atoms with Crippen molar-refractivity contribution >= 4 is 10.9 Å². The molecule has 0 spiro atoms. The maximum Gasteiger partial charge on any atom is 0.255 e. The number of rotatable bonds is 4. The van der Waals surface area contributed by atoms with Gasteiger partial charge in [0.15, 0.2) is 0 Å². The summed E-state index contributed by atoms with van der Waals surface area (Å²) in [5.74, 6) is 0.597. The van der Waals surface area contributed by atoms with Gasteiger partial charge in [0.2, 0.25) is 0 Å². The smallest absolute Gasteiger partial charge is 0.255 e. The molecule has 0 amide bonds. The first-order chi connectivity index (χ1) is 10.2. The largest absolute Gasteiger partial charge is 0.384 e. The average molecular weight is 286 g/mol. The molecule has 1 aliphatic rings. The van der Waals surface area contributed by atoms with Crippen LogP contribution in [0.1, 0.15) is 12.0 Å². The highest BCUT2D eigenvalue weighted by Gasteiger charge is 2.23. The van der Waals surface area contributed by atoms with Crippen molar-refractivity contribution in [2.24, 2.45) is 13.0 Å². The van der Waals surface area contributed by atoms with Crippen LogP contribution in [0.3, 0.4) is 0 Å². The standard InChI is InChI=1S/C17H22N2O2/c1-18-16-6-4-3-5-14(16)9-15(17(18)20)11-19-8-7-13(10-19)12-21-2/h3-6,9,13H,7-8,10-12H2,1-2H3. The van der Waals surface area contributed by atoms with E-state index in [0.29, 0.717) is 5.92 Å². The maximum absolute atomic E-state index is 12.5. The third-order valence-electron chi connectivity index (χ3n) is 4.37. The second-order valence-electron chi connectivity index (χ2n) is 5.94. The van der Waals surface area contributed by atoms with Gasteiger partial charge < -0.3 is 9.30 Å². The first-order valence-electron chi connectivity index (χ1n) is 7.48. The molecule has 2 aromatic rings. The van der Waals surface area contributed by atoms with Gasteiger partial charge in [0.25, 0.3) is 5.56 Å². The summed E-state index contributed by atoms with van der Waals surface area (Å²) in [7, 11) is 3.60. The SMILES string of the molecule is COCC1CCN(Cc2cc3ccccc3n(C)c2=O)C1. The van der Waals surface area contributed by atoms with Gasteiger partial charge in [-0.2, -0.15) is 0 Å². The molecule has 1 atom stereocenters. The lowest BCUT2D eigenvalue weighted by molar-refractivity contribution is 0.152. The molecular weight excluding hydrogens is 264 g/mol. The van der Waals surface area contributed by atoms with E-state index in [0.717, 1.165) is 49.1 Å². The summed E-state index contributed by atoms with van der Waals surface area (Å²) in [5.41, 5.74) is 1.99. The van der Waals surface area contributed by atoms with Crippen molar-refractivity contribution in [3.05, 3.63) is 46.2 Å². The van der Waals surface area contributed by atoms with Gasteiger partial charge in [-0.25, -0.2) is 0 Å². The number of aromatic nitrogens is 1. The molecule has 3 rings (SSSR count). The first kappa shape index (κ1) is 14.3. The summed E-state index contributed by atoms with van der Waals surface area (Å²) in [4.78, 5) is 14.8. The fourth-order valence-corrected chi connectivity index (χ4v) is 3.27. The van der Waals surface area contributed by atoms with Gasteiger partial charge in [-0.1, -0.05) is 18.2 Å². The highest BCUT2D eigenvalue weighted by atomic mass is 16.5. The summed E-state index contributed by atoms with van der Waals surface area (Å²) in [6, 6.07) is 10.1. The Morgan fingerprint density at radius 3 is 2.95 bits per heavy atom. The lowest BCUT2D eigenvalue weighted by Gasteiger charge is -2.17. The number of aryl methyl sites for hydroxylation is 1. The number of benzene rings is 1. The van der Waals surface area contributed by atoms with E-state index < -0.39 is 0 Å². The van der Waals surface area contributed by atoms with Crippen LogP contribution in [-0.4, -0.2) is 36.3 Å². The predicted molar refractivity (Wildman–Crippen MR) is 84.4 cm³/mol. The number of pyridine rings is 1. The first-order valence-corrected chi connectivity index (χ1v) is 7.48. The van der Waals surface area contributed by atoms with Crippen LogP contribution in [-0.2, 0) is 18.3 Å². The van der Waals surface area contributed by atoms with Gasteiger partial charge in [0.05, 0.1) is 12.1 Å². The van der Waals surface area contributed by atoms with E-state index in [2.05, 4.69) is 11.0 Å². The van der Waals surface area contributed by atoms with E-state index in [9.17, 15) is 4.79 Å². The predicted octanol–water partition coefficient (Wildman–Crippen LogP) is 2.01. The van der Waals surface area contributed by atoms with E-state index >= 15 is 0 Å². The molecule has 1 fully saturated rings. The lowest BCUT2D eigenvalue weighted by Crippen LogP contribution is -2.28. The number of methoxy groups -OCH3 is 1. The highest BCUT2D eigenvalue weighted by Crippen LogP contribution is 2.19. The van der Waals surface area contributed by atoms with Crippen LogP contribution in [0.15, 0.2) is 35.1 Å². The van der Waals surface area contributed by atoms with Crippen LogP contribution in [0.2, 0.25) is 0 Å². The number of hydrogen-bond donors (Lipinski definition) is 0. The summed E-state index contributed by atoms with van der Waals surface area (Å²) in [6.45, 7) is 3.61. The molecular formula is C17H22N2O2. The Balaban J connectivity index is 1.85. The van der Waals surface area contributed by atoms with Crippen molar-refractivity contribution in [3.8, 4) is 0 Å². The molecule has 4 heteroatoms. The van der Waals surface area contributed by atoms with Crippen molar-refractivity contribution in [3.63, 3.8) is 0 Å². The summed E-state index contributed by atoms with van der Waals surface area (Å²) in [6.07, 6.45) is 1.15. The van der Waals surface area contributed by atoms with Crippen LogP contribution >= 0.6 is 0 Å². The normalized spacial score (nSPS) is 19.4. The summed E-state index contributed by atoms with van der Waals surface area (Å²) < 4.78 is 6.99. The van der Waals surface area contributed by atoms with E-state index in [1.54, 1.807) is 11.7 Å². The molecule has 1 aliphatic heterocycles. The van der Waals surface area contributed by atoms with Crippen LogP contribution in [0, 0.1) is 5.92 Å². The third-order valence-corrected chi connectivity index (χ3v) is 4.37. The Morgan fingerprint density at radius 2 is 2.14 bits per heavy atom. The van der Waals surface area contributed by atoms with Crippen molar-refractivity contribution in [1.82, 2.24) is 9.47 Å². The van der Waals surface area contributed by atoms with Crippen LogP contribution in [0.5, 0.6) is 0 Å². The van der Waals surface area contributed by atoms with Crippen LogP contribution in [0.25, 0.3) is 10.9 Å². The number of fused-ring (bicyclic) bond motifs is 1. The monoisotopic (exact) mass is 286 g/mol. The van der Waals surface area contributed by atoms with Crippen molar-refractivity contribution in [1.29, 1.82) is 0 Å². The summed E-state index contributed by atoms with van der Waals surface area (Å²) >= 11 is 0. The molecule has 0 bridgehead atoms. The maximum atomic E-state index is 12.5. The van der Waals surface area contributed by atoms with Gasteiger partial charge in [-0.3, -0.25) is 9.69 Å². The van der Waals surface area contributed by atoms with Gasteiger partial charge >= 0.3 is 0 Å². The Hall–Kier alpha value is -1.65. The molecule has 112 valence electrons.